The Morgan fingerprint density at radius 3 is 2.26 bits per heavy atom. The Morgan fingerprint density at radius 2 is 1.57 bits per heavy atom. The summed E-state index contributed by atoms with van der Waals surface area (Å²) in [4.78, 5) is 25.1. The molecule has 3 aromatic rings. The summed E-state index contributed by atoms with van der Waals surface area (Å²) < 4.78 is 1.28. The van der Waals surface area contributed by atoms with Gasteiger partial charge in [0.1, 0.15) is 11.7 Å². The molecule has 1 aliphatic heterocycles. The summed E-state index contributed by atoms with van der Waals surface area (Å²) >= 11 is 0. The Morgan fingerprint density at radius 1 is 0.913 bits per heavy atom. The van der Waals surface area contributed by atoms with E-state index in [2.05, 4.69) is 10.4 Å². The molecule has 4 rings (SSSR count). The molecule has 0 spiro atoms. The molecule has 5 heteroatoms. The third kappa shape index (κ3) is 2.23. The van der Waals surface area contributed by atoms with Gasteiger partial charge < -0.3 is 5.32 Å². The number of carbonyl (C=O) groups excluding carboxylic acids is 2. The van der Waals surface area contributed by atoms with Crippen LogP contribution in [0.4, 0.5) is 5.82 Å². The van der Waals surface area contributed by atoms with Crippen LogP contribution in [0.2, 0.25) is 0 Å². The third-order valence-corrected chi connectivity index (χ3v) is 3.88. The van der Waals surface area contributed by atoms with E-state index in [9.17, 15) is 9.59 Å². The molecule has 0 bridgehead atoms. The van der Waals surface area contributed by atoms with Gasteiger partial charge in [0.05, 0.1) is 5.69 Å². The summed E-state index contributed by atoms with van der Waals surface area (Å²) in [7, 11) is 0. The molecule has 0 aliphatic carbocycles. The maximum atomic E-state index is 12.7. The van der Waals surface area contributed by atoms with E-state index >= 15 is 0 Å². The summed E-state index contributed by atoms with van der Waals surface area (Å²) in [5.41, 5.74) is 2.22. The van der Waals surface area contributed by atoms with Crippen molar-refractivity contribution in [1.82, 2.24) is 9.78 Å². The second-order valence-corrected chi connectivity index (χ2v) is 5.36. The van der Waals surface area contributed by atoms with Gasteiger partial charge in [0.15, 0.2) is 0 Å². The fourth-order valence-corrected chi connectivity index (χ4v) is 2.76. The van der Waals surface area contributed by atoms with Crippen LogP contribution in [0, 0.1) is 0 Å². The zero-order valence-electron chi connectivity index (χ0n) is 12.1. The first-order chi connectivity index (χ1) is 11.2. The van der Waals surface area contributed by atoms with E-state index in [1.54, 1.807) is 18.2 Å². The van der Waals surface area contributed by atoms with Crippen molar-refractivity contribution in [2.45, 2.75) is 5.92 Å². The SMILES string of the molecule is O=C1Nc2cc(-c3ccccc3)nn2C(=O)C1c1ccccc1. The van der Waals surface area contributed by atoms with E-state index in [0.29, 0.717) is 17.1 Å². The molecule has 112 valence electrons. The number of fused-ring (bicyclic) bond motifs is 1. The number of anilines is 1. The molecule has 0 fully saturated rings. The van der Waals surface area contributed by atoms with Crippen LogP contribution < -0.4 is 5.32 Å². The molecule has 1 amide bonds. The van der Waals surface area contributed by atoms with Crippen molar-refractivity contribution < 1.29 is 9.59 Å². The molecule has 0 radical (unpaired) electrons. The number of hydrogen-bond donors (Lipinski definition) is 1. The maximum Gasteiger partial charge on any atom is 0.265 e. The van der Waals surface area contributed by atoms with Crippen molar-refractivity contribution in [3.05, 3.63) is 72.3 Å². The lowest BCUT2D eigenvalue weighted by atomic mass is 9.96. The number of carbonyl (C=O) groups is 2. The Labute approximate surface area is 132 Å². The van der Waals surface area contributed by atoms with Crippen LogP contribution in [-0.2, 0) is 4.79 Å². The van der Waals surface area contributed by atoms with Crippen molar-refractivity contribution in [3.63, 3.8) is 0 Å². The molecule has 2 aromatic carbocycles. The lowest BCUT2D eigenvalue weighted by molar-refractivity contribution is -0.117. The Balaban J connectivity index is 1.77. The zero-order chi connectivity index (χ0) is 15.8. The fourth-order valence-electron chi connectivity index (χ4n) is 2.76. The largest absolute Gasteiger partial charge is 0.309 e. The van der Waals surface area contributed by atoms with E-state index in [-0.39, 0.29) is 11.8 Å². The summed E-state index contributed by atoms with van der Waals surface area (Å²) in [5.74, 6) is -1.12. The minimum absolute atomic E-state index is 0.326. The minimum atomic E-state index is -0.868. The van der Waals surface area contributed by atoms with E-state index in [1.807, 2.05) is 48.5 Å². The molecular formula is C18H13N3O2. The van der Waals surface area contributed by atoms with Gasteiger partial charge in [0, 0.05) is 11.6 Å². The van der Waals surface area contributed by atoms with Gasteiger partial charge in [0.25, 0.3) is 5.91 Å². The van der Waals surface area contributed by atoms with E-state index < -0.39 is 5.92 Å². The standard InChI is InChI=1S/C18H13N3O2/c22-17-16(13-9-5-2-6-10-13)18(23)21-15(19-17)11-14(20-21)12-7-3-1-4-8-12/h1-11,16H,(H,19,22). The third-order valence-electron chi connectivity index (χ3n) is 3.88. The number of benzene rings is 2. The highest BCUT2D eigenvalue weighted by atomic mass is 16.2. The molecule has 1 N–H and O–H groups in total. The van der Waals surface area contributed by atoms with Gasteiger partial charge in [-0.2, -0.15) is 9.78 Å². The van der Waals surface area contributed by atoms with E-state index in [1.165, 1.54) is 4.68 Å². The zero-order valence-corrected chi connectivity index (χ0v) is 12.1. The van der Waals surface area contributed by atoms with Gasteiger partial charge in [-0.25, -0.2) is 0 Å². The minimum Gasteiger partial charge on any atom is -0.309 e. The van der Waals surface area contributed by atoms with Crippen molar-refractivity contribution in [2.75, 3.05) is 5.32 Å². The molecule has 1 atom stereocenters. The highest BCUT2D eigenvalue weighted by Crippen LogP contribution is 2.29. The van der Waals surface area contributed by atoms with Gasteiger partial charge in [-0.05, 0) is 5.56 Å². The van der Waals surface area contributed by atoms with Gasteiger partial charge in [-0.15, -0.1) is 0 Å². The van der Waals surface area contributed by atoms with Crippen LogP contribution in [0.5, 0.6) is 0 Å². The van der Waals surface area contributed by atoms with E-state index in [0.717, 1.165) is 5.56 Å². The highest BCUT2D eigenvalue weighted by Gasteiger charge is 2.36. The average Bonchev–Trinajstić information content (AvgIpc) is 3.01. The average molecular weight is 303 g/mol. The van der Waals surface area contributed by atoms with E-state index in [4.69, 9.17) is 0 Å². The van der Waals surface area contributed by atoms with Crippen molar-refractivity contribution in [1.29, 1.82) is 0 Å². The first-order valence-corrected chi connectivity index (χ1v) is 7.29. The first kappa shape index (κ1) is 13.5. The number of rotatable bonds is 2. The van der Waals surface area contributed by atoms with Gasteiger partial charge in [-0.1, -0.05) is 60.7 Å². The van der Waals surface area contributed by atoms with Gasteiger partial charge >= 0.3 is 0 Å². The lowest BCUT2D eigenvalue weighted by Gasteiger charge is -2.21. The van der Waals surface area contributed by atoms with Crippen molar-refractivity contribution >= 4 is 17.6 Å². The Bertz CT molecular complexity index is 885. The van der Waals surface area contributed by atoms with Gasteiger partial charge in [0.2, 0.25) is 5.91 Å². The Hall–Kier alpha value is -3.21. The molecule has 2 heterocycles. The van der Waals surface area contributed by atoms with Crippen LogP contribution in [0.1, 0.15) is 16.3 Å². The molecule has 23 heavy (non-hydrogen) atoms. The fraction of sp³-hybridized carbons (Fsp3) is 0.0556. The van der Waals surface area contributed by atoms with Gasteiger partial charge in [-0.3, -0.25) is 9.59 Å². The van der Waals surface area contributed by atoms with Crippen LogP contribution in [0.25, 0.3) is 11.3 Å². The monoisotopic (exact) mass is 303 g/mol. The number of hydrogen-bond acceptors (Lipinski definition) is 3. The number of nitrogens with zero attached hydrogens (tertiary/aromatic N) is 2. The molecular weight excluding hydrogens is 290 g/mol. The summed E-state index contributed by atoms with van der Waals surface area (Å²) in [6.45, 7) is 0. The quantitative estimate of drug-likeness (QED) is 0.740. The molecule has 0 saturated carbocycles. The lowest BCUT2D eigenvalue weighted by Crippen LogP contribution is -2.38. The molecule has 0 saturated heterocycles. The first-order valence-electron chi connectivity index (χ1n) is 7.29. The summed E-state index contributed by atoms with van der Waals surface area (Å²) in [5, 5.41) is 7.13. The number of amides is 1. The number of aromatic nitrogens is 2. The maximum absolute atomic E-state index is 12.7. The predicted molar refractivity (Wildman–Crippen MR) is 86.1 cm³/mol. The molecule has 1 aromatic heterocycles. The highest BCUT2D eigenvalue weighted by molar-refractivity contribution is 6.15. The van der Waals surface area contributed by atoms with Crippen LogP contribution in [-0.4, -0.2) is 21.6 Å². The molecule has 1 aliphatic rings. The van der Waals surface area contributed by atoms with Crippen molar-refractivity contribution in [3.8, 4) is 11.3 Å². The second-order valence-electron chi connectivity index (χ2n) is 5.36. The topological polar surface area (TPSA) is 64.0 Å². The smallest absolute Gasteiger partial charge is 0.265 e. The van der Waals surface area contributed by atoms with Crippen LogP contribution in [0.15, 0.2) is 66.7 Å². The molecule has 1 unspecified atom stereocenters. The second kappa shape index (κ2) is 5.21. The molecule has 5 nitrogen and oxygen atoms in total. The van der Waals surface area contributed by atoms with Crippen LogP contribution in [0.3, 0.4) is 0 Å². The predicted octanol–water partition coefficient (Wildman–Crippen LogP) is 2.93. The van der Waals surface area contributed by atoms with Crippen LogP contribution >= 0.6 is 0 Å². The normalized spacial score (nSPS) is 16.8. The Kier molecular flexibility index (Phi) is 3.05. The summed E-state index contributed by atoms with van der Waals surface area (Å²) in [6, 6.07) is 20.3. The van der Waals surface area contributed by atoms with Crippen molar-refractivity contribution in [2.24, 2.45) is 0 Å². The summed E-state index contributed by atoms with van der Waals surface area (Å²) in [6.07, 6.45) is 0. The number of nitrogens with one attached hydrogen (secondary N) is 1.